The number of carbonyl (C=O) groups is 3. The van der Waals surface area contributed by atoms with E-state index in [9.17, 15) is 14.4 Å². The first-order valence-corrected chi connectivity index (χ1v) is 12.8. The van der Waals surface area contributed by atoms with Gasteiger partial charge in [-0.1, -0.05) is 97.1 Å². The van der Waals surface area contributed by atoms with Crippen LogP contribution in [0, 0.1) is 0 Å². The van der Waals surface area contributed by atoms with Crippen LogP contribution in [0.5, 0.6) is 0 Å². The fraction of sp³-hybridized carbons (Fsp3) is 0.219. The molecule has 3 aromatic rings. The summed E-state index contributed by atoms with van der Waals surface area (Å²) in [7, 11) is 0. The fourth-order valence-corrected chi connectivity index (χ4v) is 4.47. The Morgan fingerprint density at radius 2 is 1.46 bits per heavy atom. The average molecular weight is 525 g/mol. The second-order valence-corrected chi connectivity index (χ2v) is 9.38. The molecule has 0 radical (unpaired) electrons. The summed E-state index contributed by atoms with van der Waals surface area (Å²) in [6.07, 6.45) is 0.0938. The molecule has 0 bridgehead atoms. The lowest BCUT2D eigenvalue weighted by molar-refractivity contribution is -0.181. The van der Waals surface area contributed by atoms with Crippen molar-refractivity contribution in [1.82, 2.24) is 10.2 Å². The van der Waals surface area contributed by atoms with E-state index in [1.165, 1.54) is 4.90 Å². The maximum atomic E-state index is 13.7. The number of carbonyl (C=O) groups excluding carboxylic acids is 3. The smallest absolute Gasteiger partial charge is 0.356 e. The van der Waals surface area contributed by atoms with Gasteiger partial charge >= 0.3 is 5.97 Å². The van der Waals surface area contributed by atoms with Gasteiger partial charge in [-0.2, -0.15) is 0 Å². The van der Waals surface area contributed by atoms with E-state index >= 15 is 0 Å². The van der Waals surface area contributed by atoms with Gasteiger partial charge in [-0.25, -0.2) is 4.79 Å². The molecular formula is C32H32N2O5. The van der Waals surface area contributed by atoms with Gasteiger partial charge in [-0.05, 0) is 36.1 Å². The number of hydrogen-bond acceptors (Lipinski definition) is 5. The molecule has 1 heterocycles. The zero-order valence-corrected chi connectivity index (χ0v) is 22.1. The van der Waals surface area contributed by atoms with E-state index < -0.39 is 30.3 Å². The standard InChI is InChI=1S/C32H32N2O5/c1-4-20-38-31-27(33-26(35)21-23-14-8-5-9-15-23)30(36)34(31)28(22(2)3)32(37)39-29(24-16-10-6-11-17-24)25-18-12-7-13-19-25/h4-19,27,29,31H,1,20-21H2,2-3H3,(H,33,35). The second kappa shape index (κ2) is 12.8. The zero-order chi connectivity index (χ0) is 27.8. The van der Waals surface area contributed by atoms with Crippen molar-refractivity contribution in [3.63, 3.8) is 0 Å². The normalized spacial score (nSPS) is 16.3. The Kier molecular flexibility index (Phi) is 9.07. The van der Waals surface area contributed by atoms with Crippen LogP contribution >= 0.6 is 0 Å². The molecule has 3 aromatic carbocycles. The van der Waals surface area contributed by atoms with Crippen LogP contribution in [0.1, 0.15) is 36.6 Å². The van der Waals surface area contributed by atoms with Gasteiger partial charge in [0.15, 0.2) is 18.4 Å². The number of benzene rings is 3. The summed E-state index contributed by atoms with van der Waals surface area (Å²) < 4.78 is 11.9. The molecule has 1 aliphatic rings. The van der Waals surface area contributed by atoms with Crippen LogP contribution in [0.15, 0.2) is 115 Å². The number of β-lactam (4-membered cyclic amide) rings is 1. The summed E-state index contributed by atoms with van der Waals surface area (Å²) in [5.74, 6) is -1.43. The van der Waals surface area contributed by atoms with E-state index in [1.807, 2.05) is 91.0 Å². The number of nitrogens with one attached hydrogen (secondary N) is 1. The molecule has 2 amide bonds. The van der Waals surface area contributed by atoms with Crippen LogP contribution in [0.2, 0.25) is 0 Å². The van der Waals surface area contributed by atoms with Gasteiger partial charge in [0.1, 0.15) is 5.70 Å². The van der Waals surface area contributed by atoms with Crippen LogP contribution in [0.4, 0.5) is 0 Å². The topological polar surface area (TPSA) is 84.9 Å². The summed E-state index contributed by atoms with van der Waals surface area (Å²) in [4.78, 5) is 41.0. The minimum absolute atomic E-state index is 0.0829. The number of nitrogens with zero attached hydrogens (tertiary/aromatic N) is 1. The van der Waals surface area contributed by atoms with Gasteiger partial charge in [-0.15, -0.1) is 6.58 Å². The maximum absolute atomic E-state index is 13.7. The number of amides is 2. The van der Waals surface area contributed by atoms with Crippen molar-refractivity contribution >= 4 is 17.8 Å². The highest BCUT2D eigenvalue weighted by atomic mass is 16.5. The van der Waals surface area contributed by atoms with E-state index in [2.05, 4.69) is 11.9 Å². The first-order valence-electron chi connectivity index (χ1n) is 12.8. The third-order valence-electron chi connectivity index (χ3n) is 6.29. The molecule has 200 valence electrons. The van der Waals surface area contributed by atoms with Crippen LogP contribution in [-0.4, -0.2) is 41.6 Å². The van der Waals surface area contributed by atoms with E-state index in [-0.39, 0.29) is 24.6 Å². The predicted molar refractivity (Wildman–Crippen MR) is 148 cm³/mol. The quantitative estimate of drug-likeness (QED) is 0.170. The molecule has 4 rings (SSSR count). The number of allylic oxidation sites excluding steroid dienone is 1. The van der Waals surface area contributed by atoms with E-state index in [4.69, 9.17) is 9.47 Å². The molecule has 7 heteroatoms. The van der Waals surface area contributed by atoms with Crippen molar-refractivity contribution in [1.29, 1.82) is 0 Å². The molecule has 0 aromatic heterocycles. The van der Waals surface area contributed by atoms with Crippen LogP contribution in [-0.2, 0) is 30.3 Å². The third kappa shape index (κ3) is 6.51. The van der Waals surface area contributed by atoms with Crippen molar-refractivity contribution < 1.29 is 23.9 Å². The molecule has 1 N–H and O–H groups in total. The van der Waals surface area contributed by atoms with Gasteiger partial charge in [0, 0.05) is 0 Å². The lowest BCUT2D eigenvalue weighted by Gasteiger charge is -2.47. The van der Waals surface area contributed by atoms with Gasteiger partial charge < -0.3 is 14.8 Å². The van der Waals surface area contributed by atoms with Gasteiger partial charge in [-0.3, -0.25) is 14.5 Å². The fourth-order valence-electron chi connectivity index (χ4n) is 4.47. The largest absolute Gasteiger partial charge is 0.448 e. The molecule has 7 nitrogen and oxygen atoms in total. The highest BCUT2D eigenvalue weighted by Crippen LogP contribution is 2.32. The van der Waals surface area contributed by atoms with Gasteiger partial charge in [0.25, 0.3) is 5.91 Å². The molecule has 2 atom stereocenters. The second-order valence-electron chi connectivity index (χ2n) is 9.38. The Morgan fingerprint density at radius 3 is 1.97 bits per heavy atom. The number of likely N-dealkylation sites (tertiary alicyclic amines) is 1. The number of ether oxygens (including phenoxy) is 2. The highest BCUT2D eigenvalue weighted by Gasteiger charge is 2.52. The average Bonchev–Trinajstić information content (AvgIpc) is 2.95. The van der Waals surface area contributed by atoms with E-state index in [0.717, 1.165) is 16.7 Å². The van der Waals surface area contributed by atoms with Gasteiger partial charge in [0.2, 0.25) is 5.91 Å². The molecule has 1 aliphatic heterocycles. The van der Waals surface area contributed by atoms with Crippen molar-refractivity contribution in [3.8, 4) is 0 Å². The Hall–Kier alpha value is -4.49. The Bertz CT molecular complexity index is 1300. The van der Waals surface area contributed by atoms with E-state index in [1.54, 1.807) is 19.9 Å². The molecule has 0 spiro atoms. The molecule has 2 unspecified atom stereocenters. The summed E-state index contributed by atoms with van der Waals surface area (Å²) in [5, 5.41) is 2.76. The molecular weight excluding hydrogens is 492 g/mol. The minimum atomic E-state index is -0.942. The van der Waals surface area contributed by atoms with Crippen molar-refractivity contribution in [3.05, 3.63) is 132 Å². The van der Waals surface area contributed by atoms with Crippen molar-refractivity contribution in [2.75, 3.05) is 6.61 Å². The van der Waals surface area contributed by atoms with Crippen molar-refractivity contribution in [2.45, 2.75) is 38.6 Å². The summed E-state index contributed by atoms with van der Waals surface area (Å²) in [6, 6.07) is 27.1. The molecule has 1 saturated heterocycles. The number of rotatable bonds is 11. The zero-order valence-electron chi connectivity index (χ0n) is 22.1. The van der Waals surface area contributed by atoms with Crippen molar-refractivity contribution in [2.24, 2.45) is 0 Å². The minimum Gasteiger partial charge on any atom is -0.448 e. The SMILES string of the molecule is C=CCOC1C(NC(=O)Cc2ccccc2)C(=O)N1C(C(=O)OC(c1ccccc1)c1ccccc1)=C(C)C. The lowest BCUT2D eigenvalue weighted by atomic mass is 9.99. The molecule has 39 heavy (non-hydrogen) atoms. The summed E-state index contributed by atoms with van der Waals surface area (Å²) >= 11 is 0. The first kappa shape index (κ1) is 27.5. The first-order chi connectivity index (χ1) is 18.9. The predicted octanol–water partition coefficient (Wildman–Crippen LogP) is 4.71. The monoisotopic (exact) mass is 524 g/mol. The Labute approximate surface area is 228 Å². The maximum Gasteiger partial charge on any atom is 0.356 e. The Morgan fingerprint density at radius 1 is 0.923 bits per heavy atom. The molecule has 1 fully saturated rings. The van der Waals surface area contributed by atoms with Crippen LogP contribution in [0.3, 0.4) is 0 Å². The van der Waals surface area contributed by atoms with E-state index in [0.29, 0.717) is 5.57 Å². The summed E-state index contributed by atoms with van der Waals surface area (Å²) in [5.41, 5.74) is 3.08. The Balaban J connectivity index is 1.56. The number of esters is 1. The lowest BCUT2D eigenvalue weighted by Crippen LogP contribution is -2.71. The highest BCUT2D eigenvalue weighted by molar-refractivity contribution is 6.01. The molecule has 0 aliphatic carbocycles. The van der Waals surface area contributed by atoms with Crippen LogP contribution in [0.25, 0.3) is 0 Å². The third-order valence-corrected chi connectivity index (χ3v) is 6.29. The summed E-state index contributed by atoms with van der Waals surface area (Å²) in [6.45, 7) is 7.27. The molecule has 0 saturated carbocycles. The van der Waals surface area contributed by atoms with Crippen LogP contribution < -0.4 is 5.32 Å². The number of hydrogen-bond donors (Lipinski definition) is 1. The van der Waals surface area contributed by atoms with Gasteiger partial charge in [0.05, 0.1) is 13.0 Å².